The fourth-order valence-corrected chi connectivity index (χ4v) is 2.32. The maximum atomic E-state index is 11.9. The van der Waals surface area contributed by atoms with Gasteiger partial charge in [-0.3, -0.25) is 20.3 Å². The van der Waals surface area contributed by atoms with Crippen LogP contribution in [-0.4, -0.2) is 20.8 Å². The van der Waals surface area contributed by atoms with Gasteiger partial charge in [0.2, 0.25) is 0 Å². The number of carbonyl (C=O) groups excluding carboxylic acids is 1. The number of aromatic nitrogens is 2. The van der Waals surface area contributed by atoms with E-state index in [9.17, 15) is 4.79 Å². The van der Waals surface area contributed by atoms with Gasteiger partial charge < -0.3 is 5.32 Å². The largest absolute Gasteiger partial charge is 0.331 e. The second kappa shape index (κ2) is 7.43. The zero-order valence-electron chi connectivity index (χ0n) is 13.1. The predicted molar refractivity (Wildman–Crippen MR) is 95.4 cm³/mol. The number of benzene rings is 1. The van der Waals surface area contributed by atoms with Crippen LogP contribution in [0, 0.1) is 20.8 Å². The normalized spacial score (nSPS) is 10.3. The zero-order valence-corrected chi connectivity index (χ0v) is 14.7. The Morgan fingerprint density at radius 2 is 2.04 bits per heavy atom. The van der Waals surface area contributed by atoms with Crippen LogP contribution in [0.2, 0.25) is 5.02 Å². The van der Waals surface area contributed by atoms with Crippen LogP contribution in [0.3, 0.4) is 0 Å². The van der Waals surface area contributed by atoms with E-state index in [2.05, 4.69) is 21.3 Å². The van der Waals surface area contributed by atoms with E-state index < -0.39 is 0 Å². The Morgan fingerprint density at radius 3 is 2.65 bits per heavy atom. The Labute approximate surface area is 145 Å². The molecule has 0 radical (unpaired) electrons. The summed E-state index contributed by atoms with van der Waals surface area (Å²) in [6.45, 7) is 5.65. The molecule has 0 aliphatic heterocycles. The molecule has 0 aliphatic rings. The molecule has 0 saturated carbocycles. The van der Waals surface area contributed by atoms with E-state index in [1.54, 1.807) is 11.6 Å². The number of hydrazine groups is 1. The molecule has 3 N–H and O–H groups in total. The topological polar surface area (TPSA) is 71.0 Å². The van der Waals surface area contributed by atoms with Crippen LogP contribution in [0.4, 0.5) is 5.69 Å². The Balaban J connectivity index is 1.84. The third-order valence-corrected chi connectivity index (χ3v) is 3.93. The monoisotopic (exact) mass is 351 g/mol. The van der Waals surface area contributed by atoms with Crippen LogP contribution < -0.4 is 16.2 Å². The average Bonchev–Trinajstić information content (AvgIpc) is 2.72. The van der Waals surface area contributed by atoms with Crippen molar-refractivity contribution in [3.05, 3.63) is 46.2 Å². The molecule has 1 aromatic carbocycles. The van der Waals surface area contributed by atoms with Gasteiger partial charge in [0.15, 0.2) is 5.11 Å². The van der Waals surface area contributed by atoms with Gasteiger partial charge >= 0.3 is 0 Å². The summed E-state index contributed by atoms with van der Waals surface area (Å²) in [4.78, 5) is 11.9. The van der Waals surface area contributed by atoms with Crippen molar-refractivity contribution >= 4 is 40.5 Å². The molecule has 0 saturated heterocycles. The molecule has 0 bridgehead atoms. The van der Waals surface area contributed by atoms with E-state index in [4.69, 9.17) is 23.8 Å². The lowest BCUT2D eigenvalue weighted by Gasteiger charge is -2.12. The van der Waals surface area contributed by atoms with Gasteiger partial charge in [-0.25, -0.2) is 0 Å². The number of thiocarbonyl (C=S) groups is 1. The lowest BCUT2D eigenvalue weighted by Crippen LogP contribution is -2.45. The van der Waals surface area contributed by atoms with Crippen molar-refractivity contribution in [1.82, 2.24) is 20.6 Å². The SMILES string of the molecule is Cc1cccc(NC(=S)NNC(=O)Cn2nc(C)c(Cl)c2C)c1. The van der Waals surface area contributed by atoms with Crippen LogP contribution >= 0.6 is 23.8 Å². The highest BCUT2D eigenvalue weighted by Gasteiger charge is 2.12. The zero-order chi connectivity index (χ0) is 17.0. The van der Waals surface area contributed by atoms with Crippen molar-refractivity contribution in [2.45, 2.75) is 27.3 Å². The number of hydrogen-bond acceptors (Lipinski definition) is 3. The van der Waals surface area contributed by atoms with E-state index in [1.165, 1.54) is 0 Å². The molecule has 0 aliphatic carbocycles. The minimum Gasteiger partial charge on any atom is -0.331 e. The first-order valence-electron chi connectivity index (χ1n) is 6.99. The van der Waals surface area contributed by atoms with Gasteiger partial charge in [0.1, 0.15) is 6.54 Å². The third-order valence-electron chi connectivity index (χ3n) is 3.18. The maximum Gasteiger partial charge on any atom is 0.260 e. The Hall–Kier alpha value is -2.12. The fourth-order valence-electron chi connectivity index (χ4n) is 2.02. The Bertz CT molecular complexity index is 743. The predicted octanol–water partition coefficient (Wildman–Crippen LogP) is 2.48. The summed E-state index contributed by atoms with van der Waals surface area (Å²) >= 11 is 11.2. The third kappa shape index (κ3) is 4.67. The van der Waals surface area contributed by atoms with Gasteiger partial charge in [-0.15, -0.1) is 0 Å². The molecule has 6 nitrogen and oxygen atoms in total. The minimum atomic E-state index is -0.277. The molecule has 23 heavy (non-hydrogen) atoms. The van der Waals surface area contributed by atoms with Gasteiger partial charge in [-0.05, 0) is 50.7 Å². The van der Waals surface area contributed by atoms with Crippen molar-refractivity contribution in [3.8, 4) is 0 Å². The van der Waals surface area contributed by atoms with Crippen molar-refractivity contribution in [2.75, 3.05) is 5.32 Å². The Kier molecular flexibility index (Phi) is 5.57. The second-order valence-corrected chi connectivity index (χ2v) is 5.93. The van der Waals surface area contributed by atoms with Gasteiger partial charge in [0.05, 0.1) is 16.4 Å². The summed E-state index contributed by atoms with van der Waals surface area (Å²) in [7, 11) is 0. The summed E-state index contributed by atoms with van der Waals surface area (Å²) in [6, 6.07) is 7.75. The number of aryl methyl sites for hydroxylation is 2. The highest BCUT2D eigenvalue weighted by Crippen LogP contribution is 2.18. The van der Waals surface area contributed by atoms with Crippen LogP contribution in [-0.2, 0) is 11.3 Å². The number of anilines is 1. The van der Waals surface area contributed by atoms with E-state index in [-0.39, 0.29) is 12.5 Å². The second-order valence-electron chi connectivity index (χ2n) is 5.14. The van der Waals surface area contributed by atoms with Gasteiger partial charge in [-0.2, -0.15) is 5.10 Å². The highest BCUT2D eigenvalue weighted by atomic mass is 35.5. The average molecular weight is 352 g/mol. The smallest absolute Gasteiger partial charge is 0.260 e. The summed E-state index contributed by atoms with van der Waals surface area (Å²) in [5.41, 5.74) is 8.59. The van der Waals surface area contributed by atoms with Gasteiger partial charge in [0.25, 0.3) is 5.91 Å². The van der Waals surface area contributed by atoms with Gasteiger partial charge in [0, 0.05) is 5.69 Å². The van der Waals surface area contributed by atoms with E-state index in [0.29, 0.717) is 15.8 Å². The molecule has 2 aromatic rings. The van der Waals surface area contributed by atoms with Crippen LogP contribution in [0.5, 0.6) is 0 Å². The fraction of sp³-hybridized carbons (Fsp3) is 0.267. The number of rotatable bonds is 3. The molecule has 0 unspecified atom stereocenters. The van der Waals surface area contributed by atoms with Crippen LogP contribution in [0.25, 0.3) is 0 Å². The molecule has 0 spiro atoms. The van der Waals surface area contributed by atoms with Crippen LogP contribution in [0.15, 0.2) is 24.3 Å². The minimum absolute atomic E-state index is 0.0550. The standard InChI is InChI=1S/C15H18ClN5OS/c1-9-5-4-6-12(7-9)17-15(23)19-18-13(22)8-21-11(3)14(16)10(2)20-21/h4-7H,8H2,1-3H3,(H,18,22)(H2,17,19,23). The summed E-state index contributed by atoms with van der Waals surface area (Å²) in [6.07, 6.45) is 0. The van der Waals surface area contributed by atoms with E-state index in [1.807, 2.05) is 38.1 Å². The summed E-state index contributed by atoms with van der Waals surface area (Å²) < 4.78 is 1.55. The first-order valence-corrected chi connectivity index (χ1v) is 7.77. The summed E-state index contributed by atoms with van der Waals surface area (Å²) in [5, 5.41) is 8.06. The highest BCUT2D eigenvalue weighted by molar-refractivity contribution is 7.80. The quantitative estimate of drug-likeness (QED) is 0.585. The van der Waals surface area contributed by atoms with E-state index >= 15 is 0 Å². The molecule has 8 heteroatoms. The number of amides is 1. The molecule has 0 fully saturated rings. The molecule has 0 atom stereocenters. The van der Waals surface area contributed by atoms with Gasteiger partial charge in [-0.1, -0.05) is 23.7 Å². The first kappa shape index (κ1) is 17.2. The molecule has 2 rings (SSSR count). The molecule has 1 heterocycles. The summed E-state index contributed by atoms with van der Waals surface area (Å²) in [5.74, 6) is -0.277. The first-order chi connectivity index (χ1) is 10.9. The molecule has 1 amide bonds. The number of halogens is 1. The number of nitrogens with zero attached hydrogens (tertiary/aromatic N) is 2. The molecule has 1 aromatic heterocycles. The molecular formula is C15H18ClN5OS. The molecular weight excluding hydrogens is 334 g/mol. The lowest BCUT2D eigenvalue weighted by molar-refractivity contribution is -0.122. The lowest BCUT2D eigenvalue weighted by atomic mass is 10.2. The Morgan fingerprint density at radius 1 is 1.30 bits per heavy atom. The maximum absolute atomic E-state index is 11.9. The number of hydrogen-bond donors (Lipinski definition) is 3. The number of carbonyl (C=O) groups is 1. The molecule has 122 valence electrons. The van der Waals surface area contributed by atoms with Crippen molar-refractivity contribution in [3.63, 3.8) is 0 Å². The van der Waals surface area contributed by atoms with Crippen molar-refractivity contribution in [1.29, 1.82) is 0 Å². The van der Waals surface area contributed by atoms with E-state index in [0.717, 1.165) is 16.9 Å². The van der Waals surface area contributed by atoms with Crippen LogP contribution in [0.1, 0.15) is 17.0 Å². The number of nitrogens with one attached hydrogen (secondary N) is 3. The van der Waals surface area contributed by atoms with Crippen molar-refractivity contribution < 1.29 is 4.79 Å². The van der Waals surface area contributed by atoms with Crippen molar-refractivity contribution in [2.24, 2.45) is 0 Å².